The van der Waals surface area contributed by atoms with Crippen LogP contribution in [-0.4, -0.2) is 57.8 Å². The van der Waals surface area contributed by atoms with Gasteiger partial charge >= 0.3 is 5.97 Å². The zero-order valence-electron chi connectivity index (χ0n) is 18.3. The van der Waals surface area contributed by atoms with Crippen LogP contribution in [0.15, 0.2) is 31.0 Å². The number of halogens is 3. The molecule has 0 unspecified atom stereocenters. The molecule has 178 valence electrons. The van der Waals surface area contributed by atoms with E-state index in [4.69, 9.17) is 18.9 Å². The van der Waals surface area contributed by atoms with Gasteiger partial charge in [-0.3, -0.25) is 4.79 Å². The number of hydrogen-bond donors (Lipinski definition) is 0. The summed E-state index contributed by atoms with van der Waals surface area (Å²) in [5.74, 6) is -5.73. The average Bonchev–Trinajstić information content (AvgIpc) is 3.21. The van der Waals surface area contributed by atoms with Crippen LogP contribution in [0.4, 0.5) is 13.2 Å². The molecule has 0 N–H and O–H groups in total. The molecule has 0 bridgehead atoms. The molecule has 4 rings (SSSR count). The Kier molecular flexibility index (Phi) is 6.30. The van der Waals surface area contributed by atoms with Crippen molar-refractivity contribution >= 4 is 5.97 Å². The Bertz CT molecular complexity index is 1040. The third-order valence-electron chi connectivity index (χ3n) is 5.57. The first kappa shape index (κ1) is 23.4. The molecule has 2 aromatic rings. The van der Waals surface area contributed by atoms with E-state index >= 15 is 0 Å². The summed E-state index contributed by atoms with van der Waals surface area (Å²) < 4.78 is 65.9. The largest absolute Gasteiger partial charge is 0.457 e. The van der Waals surface area contributed by atoms with Crippen molar-refractivity contribution in [1.29, 1.82) is 0 Å². The topological polar surface area (TPSA) is 84.7 Å². The first-order valence-electron chi connectivity index (χ1n) is 10.4. The molecule has 2 saturated heterocycles. The van der Waals surface area contributed by atoms with Crippen LogP contribution in [0.1, 0.15) is 33.2 Å². The number of ether oxygens (including phenoxy) is 4. The monoisotopic (exact) mass is 467 g/mol. The molecule has 0 spiro atoms. The quantitative estimate of drug-likeness (QED) is 0.379. The van der Waals surface area contributed by atoms with Crippen molar-refractivity contribution in [1.82, 2.24) is 15.0 Å². The summed E-state index contributed by atoms with van der Waals surface area (Å²) in [5, 5.41) is 8.12. The summed E-state index contributed by atoms with van der Waals surface area (Å²) in [6.07, 6.45) is 0.905. The molecule has 2 fully saturated rings. The van der Waals surface area contributed by atoms with E-state index in [9.17, 15) is 18.0 Å². The van der Waals surface area contributed by atoms with Gasteiger partial charge in [0.05, 0.1) is 12.8 Å². The zero-order chi connectivity index (χ0) is 23.9. The smallest absolute Gasteiger partial charge is 0.303 e. The third-order valence-corrected chi connectivity index (χ3v) is 5.57. The first-order chi connectivity index (χ1) is 15.6. The van der Waals surface area contributed by atoms with Crippen molar-refractivity contribution < 1.29 is 36.9 Å². The van der Waals surface area contributed by atoms with Crippen LogP contribution in [-0.2, 0) is 23.7 Å². The first-order valence-corrected chi connectivity index (χ1v) is 10.4. The predicted octanol–water partition coefficient (Wildman–Crippen LogP) is 3.33. The molecule has 0 saturated carbocycles. The van der Waals surface area contributed by atoms with E-state index in [-0.39, 0.29) is 17.9 Å². The number of carbonyl (C=O) groups is 1. The molecule has 3 heterocycles. The van der Waals surface area contributed by atoms with Crippen molar-refractivity contribution in [3.8, 4) is 11.3 Å². The zero-order valence-corrected chi connectivity index (χ0v) is 18.3. The Hall–Kier alpha value is -2.76. The van der Waals surface area contributed by atoms with Crippen LogP contribution in [0.3, 0.4) is 0 Å². The molecule has 8 nitrogen and oxygen atoms in total. The van der Waals surface area contributed by atoms with E-state index in [1.165, 1.54) is 17.8 Å². The molecular weight excluding hydrogens is 443 g/mol. The molecule has 0 amide bonds. The van der Waals surface area contributed by atoms with E-state index in [1.807, 2.05) is 0 Å². The fraction of sp³-hybridized carbons (Fsp3) is 0.500. The lowest BCUT2D eigenvalue weighted by atomic mass is 9.89. The summed E-state index contributed by atoms with van der Waals surface area (Å²) in [7, 11) is 0. The maximum atomic E-state index is 13.7. The Balaban J connectivity index is 1.76. The van der Waals surface area contributed by atoms with Gasteiger partial charge in [0.25, 0.3) is 0 Å². The lowest BCUT2D eigenvalue weighted by Gasteiger charge is -2.50. The van der Waals surface area contributed by atoms with Gasteiger partial charge in [0.1, 0.15) is 30.0 Å². The van der Waals surface area contributed by atoms with E-state index in [0.717, 1.165) is 12.1 Å². The summed E-state index contributed by atoms with van der Waals surface area (Å²) in [5.41, 5.74) is 0.102. The van der Waals surface area contributed by atoms with Gasteiger partial charge < -0.3 is 18.9 Å². The highest BCUT2D eigenvalue weighted by atomic mass is 19.2. The summed E-state index contributed by atoms with van der Waals surface area (Å²) in [4.78, 5) is 11.9. The van der Waals surface area contributed by atoms with Crippen LogP contribution in [0.2, 0.25) is 0 Å². The molecule has 5 atom stereocenters. The average molecular weight is 467 g/mol. The minimum Gasteiger partial charge on any atom is -0.457 e. The highest BCUT2D eigenvalue weighted by Crippen LogP contribution is 2.40. The maximum Gasteiger partial charge on any atom is 0.303 e. The van der Waals surface area contributed by atoms with Gasteiger partial charge in [0.2, 0.25) is 0 Å². The third kappa shape index (κ3) is 4.66. The highest BCUT2D eigenvalue weighted by Gasteiger charge is 2.53. The van der Waals surface area contributed by atoms with Crippen LogP contribution in [0, 0.1) is 17.5 Å². The number of aromatic nitrogens is 3. The fourth-order valence-electron chi connectivity index (χ4n) is 4.18. The van der Waals surface area contributed by atoms with Gasteiger partial charge in [-0.1, -0.05) is 11.3 Å². The summed E-state index contributed by atoms with van der Waals surface area (Å²) in [6.45, 7) is 8.73. The van der Waals surface area contributed by atoms with Gasteiger partial charge in [-0.2, -0.15) is 0 Å². The van der Waals surface area contributed by atoms with Crippen LogP contribution < -0.4 is 0 Å². The summed E-state index contributed by atoms with van der Waals surface area (Å²) in [6, 6.07) is 0.965. The Morgan fingerprint density at radius 1 is 1.33 bits per heavy atom. The van der Waals surface area contributed by atoms with Gasteiger partial charge in [-0.05, 0) is 32.4 Å². The Morgan fingerprint density at radius 3 is 2.67 bits per heavy atom. The second kappa shape index (κ2) is 8.88. The van der Waals surface area contributed by atoms with Gasteiger partial charge in [-0.25, -0.2) is 17.9 Å². The number of nitrogens with zero attached hydrogens (tertiary/aromatic N) is 3. The van der Waals surface area contributed by atoms with Crippen molar-refractivity contribution in [2.24, 2.45) is 0 Å². The fourth-order valence-corrected chi connectivity index (χ4v) is 4.18. The van der Waals surface area contributed by atoms with Gasteiger partial charge in [0, 0.05) is 12.5 Å². The molecule has 2 aliphatic heterocycles. The van der Waals surface area contributed by atoms with Crippen molar-refractivity contribution in [3.05, 3.63) is 48.4 Å². The van der Waals surface area contributed by atoms with E-state index < -0.39 is 59.7 Å². The van der Waals surface area contributed by atoms with Crippen LogP contribution in [0.25, 0.3) is 11.3 Å². The van der Waals surface area contributed by atoms with Crippen LogP contribution >= 0.6 is 0 Å². The number of fused-ring (bicyclic) bond motifs is 1. The minimum absolute atomic E-state index is 0.00108. The predicted molar refractivity (Wildman–Crippen MR) is 108 cm³/mol. The second-order valence-corrected chi connectivity index (χ2v) is 8.43. The second-order valence-electron chi connectivity index (χ2n) is 8.43. The van der Waals surface area contributed by atoms with Crippen molar-refractivity contribution in [2.45, 2.75) is 63.4 Å². The van der Waals surface area contributed by atoms with Crippen LogP contribution in [0.5, 0.6) is 0 Å². The molecule has 0 aliphatic carbocycles. The normalized spacial score (nSPS) is 28.7. The Labute approximate surface area is 188 Å². The van der Waals surface area contributed by atoms with E-state index in [2.05, 4.69) is 16.9 Å². The van der Waals surface area contributed by atoms with Crippen molar-refractivity contribution in [3.63, 3.8) is 0 Å². The number of hydrogen-bond acceptors (Lipinski definition) is 7. The molecule has 1 aromatic heterocycles. The van der Waals surface area contributed by atoms with Gasteiger partial charge in [0.15, 0.2) is 29.3 Å². The van der Waals surface area contributed by atoms with E-state index in [1.54, 1.807) is 19.9 Å². The molecule has 11 heteroatoms. The summed E-state index contributed by atoms with van der Waals surface area (Å²) >= 11 is 0. The lowest BCUT2D eigenvalue weighted by Crippen LogP contribution is -2.62. The number of rotatable bonds is 5. The number of esters is 1. The standard InChI is InChI=1S/C22H24F3N3O5/c1-5-6-16-20(31-11(2)29)19(21-17(32-16)10-30-22(3,4)33-21)28-9-15(26-27-28)12-7-13(23)18(25)14(24)8-12/h5,7-9,16-17,19-21H,1,6,10H2,2-4H3/t16-,17-,19-,20+,21+/m1/s1. The molecule has 2 aliphatic rings. The SMILES string of the molecule is C=CC[C@H]1O[C@@H]2COC(C)(C)O[C@@H]2[C@H](n2cc(-c3cc(F)c(F)c(F)c3)nn2)[C@H]1OC(C)=O. The molecule has 0 radical (unpaired) electrons. The Morgan fingerprint density at radius 2 is 2.03 bits per heavy atom. The lowest BCUT2D eigenvalue weighted by molar-refractivity contribution is -0.348. The van der Waals surface area contributed by atoms with E-state index in [0.29, 0.717) is 6.42 Å². The highest BCUT2D eigenvalue weighted by molar-refractivity contribution is 5.66. The minimum atomic E-state index is -1.57. The molecule has 33 heavy (non-hydrogen) atoms. The molecular formula is C22H24F3N3O5. The van der Waals surface area contributed by atoms with Gasteiger partial charge in [-0.15, -0.1) is 11.7 Å². The number of carbonyl (C=O) groups excluding carboxylic acids is 1. The number of benzene rings is 1. The molecule has 1 aromatic carbocycles. The van der Waals surface area contributed by atoms with Crippen molar-refractivity contribution in [2.75, 3.05) is 6.61 Å². The maximum absolute atomic E-state index is 13.7.